The summed E-state index contributed by atoms with van der Waals surface area (Å²) in [5.41, 5.74) is 6.14. The Hall–Kier alpha value is -0.840. The first kappa shape index (κ1) is 16.5. The van der Waals surface area contributed by atoms with E-state index in [4.69, 9.17) is 17.3 Å². The lowest BCUT2D eigenvalue weighted by Crippen LogP contribution is -2.31. The van der Waals surface area contributed by atoms with Gasteiger partial charge in [-0.25, -0.2) is 4.39 Å². The number of hydrogen-bond acceptors (Lipinski definition) is 2. The minimum atomic E-state index is -0.306. The molecule has 1 amide bonds. The summed E-state index contributed by atoms with van der Waals surface area (Å²) in [5.74, 6) is 0.0616. The van der Waals surface area contributed by atoms with Gasteiger partial charge in [-0.15, -0.1) is 12.4 Å². The van der Waals surface area contributed by atoms with Crippen LogP contribution in [0.15, 0.2) is 18.2 Å². The maximum atomic E-state index is 13.8. The van der Waals surface area contributed by atoms with Crippen LogP contribution in [0.5, 0.6) is 0 Å². The third kappa shape index (κ3) is 3.17. The number of benzene rings is 1. The van der Waals surface area contributed by atoms with Gasteiger partial charge in [0.05, 0.1) is 0 Å². The van der Waals surface area contributed by atoms with Crippen LogP contribution >= 0.6 is 24.0 Å². The van der Waals surface area contributed by atoms with Gasteiger partial charge in [0.1, 0.15) is 5.82 Å². The molecule has 0 radical (unpaired) electrons. The molecule has 1 saturated heterocycles. The van der Waals surface area contributed by atoms with Crippen LogP contribution in [0.3, 0.4) is 0 Å². The average molecular weight is 333 g/mol. The summed E-state index contributed by atoms with van der Waals surface area (Å²) < 4.78 is 13.8. The van der Waals surface area contributed by atoms with Gasteiger partial charge in [0.15, 0.2) is 0 Å². The molecule has 1 heterocycles. The number of likely N-dealkylation sites (tertiary alicyclic amines) is 1. The van der Waals surface area contributed by atoms with E-state index in [1.165, 1.54) is 6.07 Å². The number of rotatable bonds is 3. The van der Waals surface area contributed by atoms with Crippen molar-refractivity contribution in [2.45, 2.75) is 18.8 Å². The van der Waals surface area contributed by atoms with Gasteiger partial charge >= 0.3 is 0 Å². The van der Waals surface area contributed by atoms with E-state index in [1.54, 1.807) is 12.1 Å². The Morgan fingerprint density at radius 1 is 1.48 bits per heavy atom. The van der Waals surface area contributed by atoms with E-state index in [0.29, 0.717) is 29.5 Å². The molecule has 21 heavy (non-hydrogen) atoms. The highest BCUT2D eigenvalue weighted by atomic mass is 35.5. The second-order valence-corrected chi connectivity index (χ2v) is 6.17. The number of hydrogen-bond donors (Lipinski definition) is 1. The molecule has 1 aromatic carbocycles. The zero-order valence-corrected chi connectivity index (χ0v) is 13.2. The van der Waals surface area contributed by atoms with E-state index < -0.39 is 0 Å². The molecule has 3 rings (SSSR count). The predicted octanol–water partition coefficient (Wildman–Crippen LogP) is 2.81. The molecule has 116 valence electrons. The minimum absolute atomic E-state index is 0. The maximum absolute atomic E-state index is 13.8. The lowest BCUT2D eigenvalue weighted by molar-refractivity contribution is -0.131. The molecule has 0 spiro atoms. The third-order valence-electron chi connectivity index (χ3n) is 4.41. The van der Waals surface area contributed by atoms with E-state index >= 15 is 0 Å². The summed E-state index contributed by atoms with van der Waals surface area (Å²) in [5, 5.41) is 0.423. The smallest absolute Gasteiger partial charge is 0.226 e. The van der Waals surface area contributed by atoms with Crippen LogP contribution in [0.25, 0.3) is 0 Å². The predicted molar refractivity (Wildman–Crippen MR) is 83.2 cm³/mol. The second-order valence-electron chi connectivity index (χ2n) is 5.76. The molecule has 2 N–H and O–H groups in total. The summed E-state index contributed by atoms with van der Waals surface area (Å²) in [6.45, 7) is 2.13. The highest BCUT2D eigenvalue weighted by Crippen LogP contribution is 2.51. The Morgan fingerprint density at radius 3 is 2.86 bits per heavy atom. The molecule has 2 aliphatic rings. The number of nitrogens with zero attached hydrogens (tertiary/aromatic N) is 1. The quantitative estimate of drug-likeness (QED) is 0.925. The van der Waals surface area contributed by atoms with Gasteiger partial charge < -0.3 is 10.6 Å². The number of carbonyl (C=O) groups excluding carboxylic acids is 1. The molecule has 3 nitrogen and oxygen atoms in total. The molecular formula is C15H19Cl2FN2O. The molecule has 1 saturated carbocycles. The normalized spacial score (nSPS) is 27.4. The van der Waals surface area contributed by atoms with E-state index in [0.717, 1.165) is 19.5 Å². The average Bonchev–Trinajstić information content (AvgIpc) is 3.05. The van der Waals surface area contributed by atoms with Crippen molar-refractivity contribution >= 4 is 29.9 Å². The van der Waals surface area contributed by atoms with Crippen molar-refractivity contribution < 1.29 is 9.18 Å². The lowest BCUT2D eigenvalue weighted by atomic mass is 10.1. The second kappa shape index (κ2) is 6.51. The van der Waals surface area contributed by atoms with Gasteiger partial charge in [-0.1, -0.05) is 17.7 Å². The summed E-state index contributed by atoms with van der Waals surface area (Å²) in [4.78, 5) is 14.3. The molecule has 2 fully saturated rings. The van der Waals surface area contributed by atoms with Gasteiger partial charge in [0.25, 0.3) is 0 Å². The fourth-order valence-electron chi connectivity index (χ4n) is 3.11. The van der Waals surface area contributed by atoms with Crippen molar-refractivity contribution in [2.24, 2.45) is 17.6 Å². The largest absolute Gasteiger partial charge is 0.342 e. The van der Waals surface area contributed by atoms with Gasteiger partial charge in [0.2, 0.25) is 5.91 Å². The molecule has 0 aromatic heterocycles. The first-order chi connectivity index (χ1) is 9.61. The van der Waals surface area contributed by atoms with E-state index in [9.17, 15) is 9.18 Å². The van der Waals surface area contributed by atoms with Gasteiger partial charge in [-0.3, -0.25) is 4.79 Å². The van der Waals surface area contributed by atoms with Crippen molar-refractivity contribution in [1.29, 1.82) is 0 Å². The van der Waals surface area contributed by atoms with Crippen LogP contribution in [0.1, 0.15) is 24.3 Å². The van der Waals surface area contributed by atoms with Crippen molar-refractivity contribution in [3.8, 4) is 0 Å². The number of amides is 1. The molecular weight excluding hydrogens is 314 g/mol. The van der Waals surface area contributed by atoms with Crippen molar-refractivity contribution in [3.63, 3.8) is 0 Å². The van der Waals surface area contributed by atoms with Crippen LogP contribution in [0.4, 0.5) is 4.39 Å². The Bertz CT molecular complexity index is 520. The van der Waals surface area contributed by atoms with Crippen LogP contribution in [0.2, 0.25) is 5.02 Å². The summed E-state index contributed by atoms with van der Waals surface area (Å²) in [6, 6.07) is 4.67. The lowest BCUT2D eigenvalue weighted by Gasteiger charge is -2.16. The highest BCUT2D eigenvalue weighted by Gasteiger charge is 2.48. The zero-order valence-electron chi connectivity index (χ0n) is 11.6. The number of nitrogens with two attached hydrogens (primary N) is 1. The first-order valence-corrected chi connectivity index (χ1v) is 7.42. The molecule has 6 heteroatoms. The van der Waals surface area contributed by atoms with Crippen molar-refractivity contribution in [1.82, 2.24) is 4.90 Å². The van der Waals surface area contributed by atoms with Gasteiger partial charge in [-0.2, -0.15) is 0 Å². The fourth-order valence-corrected chi connectivity index (χ4v) is 3.41. The summed E-state index contributed by atoms with van der Waals surface area (Å²) in [7, 11) is 0. The molecule has 0 bridgehead atoms. The molecule has 3 unspecified atom stereocenters. The van der Waals surface area contributed by atoms with E-state index in [1.807, 2.05) is 4.90 Å². The molecule has 1 aliphatic heterocycles. The Morgan fingerprint density at radius 2 is 2.24 bits per heavy atom. The van der Waals surface area contributed by atoms with Crippen LogP contribution in [-0.4, -0.2) is 30.4 Å². The standard InChI is InChI=1S/C15H18ClFN2O.ClH/c16-12-2-1-3-13(17)14(12)10-6-11(10)15(20)19-5-4-9(7-18)8-19;/h1-3,9-11H,4-8,18H2;1H. The SMILES string of the molecule is Cl.NCC1CCN(C(=O)C2CC2c2c(F)cccc2Cl)C1. The topological polar surface area (TPSA) is 46.3 Å². The highest BCUT2D eigenvalue weighted by molar-refractivity contribution is 6.31. The Kier molecular flexibility index (Phi) is 5.12. The van der Waals surface area contributed by atoms with E-state index in [-0.39, 0.29) is 36.0 Å². The minimum Gasteiger partial charge on any atom is -0.342 e. The van der Waals surface area contributed by atoms with Gasteiger partial charge in [0, 0.05) is 35.5 Å². The van der Waals surface area contributed by atoms with Crippen LogP contribution < -0.4 is 5.73 Å². The third-order valence-corrected chi connectivity index (χ3v) is 4.74. The Labute approximate surface area is 135 Å². The fraction of sp³-hybridized carbons (Fsp3) is 0.533. The molecule has 1 aromatic rings. The van der Waals surface area contributed by atoms with Crippen molar-refractivity contribution in [2.75, 3.05) is 19.6 Å². The first-order valence-electron chi connectivity index (χ1n) is 7.04. The summed E-state index contributed by atoms with van der Waals surface area (Å²) >= 11 is 6.06. The van der Waals surface area contributed by atoms with Crippen LogP contribution in [-0.2, 0) is 4.79 Å². The van der Waals surface area contributed by atoms with Gasteiger partial charge in [-0.05, 0) is 37.4 Å². The van der Waals surface area contributed by atoms with Crippen molar-refractivity contribution in [3.05, 3.63) is 34.6 Å². The van der Waals surface area contributed by atoms with E-state index in [2.05, 4.69) is 0 Å². The summed E-state index contributed by atoms with van der Waals surface area (Å²) in [6.07, 6.45) is 1.67. The monoisotopic (exact) mass is 332 g/mol. The van der Waals surface area contributed by atoms with Crippen LogP contribution in [0, 0.1) is 17.7 Å². The zero-order chi connectivity index (χ0) is 14.3. The number of halogens is 3. The maximum Gasteiger partial charge on any atom is 0.226 e. The number of carbonyl (C=O) groups is 1. The molecule has 1 aliphatic carbocycles. The molecule has 3 atom stereocenters. The Balaban J connectivity index is 0.00000161.